The number of carbonyl (C=O) groups is 1. The van der Waals surface area contributed by atoms with Crippen molar-refractivity contribution in [1.29, 1.82) is 15.8 Å². The van der Waals surface area contributed by atoms with Gasteiger partial charge < -0.3 is 15.3 Å². The molecule has 0 saturated carbocycles. The van der Waals surface area contributed by atoms with Gasteiger partial charge in [0.2, 0.25) is 0 Å². The van der Waals surface area contributed by atoms with E-state index in [1.54, 1.807) is 0 Å². The third kappa shape index (κ3) is 10.3. The minimum Gasteiger partial charge on any atom is -0.480 e. The fourth-order valence-corrected chi connectivity index (χ4v) is 1.89. The van der Waals surface area contributed by atoms with Crippen molar-refractivity contribution in [3.05, 3.63) is 0 Å². The number of rotatable bonds is 12. The number of aliphatic carboxylic acids is 1. The standard InChI is InChI=1S/C14H21N5O2/c15-6-2-9-18-13(14(20)21)5-1-10-19(11-3-7-16)12-4-8-17/h13,18H,1-5,9-12H2,(H,20,21). The Labute approximate surface area is 125 Å². The number of hydrogen-bond donors (Lipinski definition) is 2. The van der Waals surface area contributed by atoms with Crippen LogP contribution in [-0.4, -0.2) is 48.2 Å². The summed E-state index contributed by atoms with van der Waals surface area (Å²) in [4.78, 5) is 13.1. The number of carboxylic acids is 1. The van der Waals surface area contributed by atoms with E-state index in [2.05, 4.69) is 17.5 Å². The van der Waals surface area contributed by atoms with E-state index in [1.807, 2.05) is 11.0 Å². The van der Waals surface area contributed by atoms with Crippen molar-refractivity contribution >= 4 is 5.97 Å². The summed E-state index contributed by atoms with van der Waals surface area (Å²) in [6.45, 7) is 2.21. The average Bonchev–Trinajstić information content (AvgIpc) is 2.47. The summed E-state index contributed by atoms with van der Waals surface area (Å²) in [6, 6.07) is 5.43. The second kappa shape index (κ2) is 12.9. The average molecular weight is 291 g/mol. The van der Waals surface area contributed by atoms with Crippen LogP contribution in [-0.2, 0) is 4.79 Å². The number of nitrogens with zero attached hydrogens (tertiary/aromatic N) is 4. The summed E-state index contributed by atoms with van der Waals surface area (Å²) >= 11 is 0. The number of nitriles is 3. The molecule has 0 saturated heterocycles. The zero-order valence-corrected chi connectivity index (χ0v) is 12.1. The summed E-state index contributed by atoms with van der Waals surface area (Å²) < 4.78 is 0. The van der Waals surface area contributed by atoms with E-state index in [0.717, 1.165) is 0 Å². The molecule has 0 aromatic rings. The fourth-order valence-electron chi connectivity index (χ4n) is 1.89. The van der Waals surface area contributed by atoms with E-state index in [1.165, 1.54) is 0 Å². The van der Waals surface area contributed by atoms with Gasteiger partial charge in [-0.2, -0.15) is 15.8 Å². The Morgan fingerprint density at radius 1 is 1.05 bits per heavy atom. The molecule has 0 aromatic carbocycles. The van der Waals surface area contributed by atoms with Crippen LogP contribution in [0.2, 0.25) is 0 Å². The van der Waals surface area contributed by atoms with Gasteiger partial charge in [0, 0.05) is 38.9 Å². The number of hydrogen-bond acceptors (Lipinski definition) is 6. The van der Waals surface area contributed by atoms with Crippen LogP contribution in [0.25, 0.3) is 0 Å². The lowest BCUT2D eigenvalue weighted by atomic mass is 10.1. The van der Waals surface area contributed by atoms with Crippen LogP contribution in [0, 0.1) is 34.0 Å². The van der Waals surface area contributed by atoms with Crippen molar-refractivity contribution in [3.8, 4) is 18.2 Å². The van der Waals surface area contributed by atoms with Crippen LogP contribution in [0.4, 0.5) is 0 Å². The van der Waals surface area contributed by atoms with E-state index in [0.29, 0.717) is 51.9 Å². The molecule has 21 heavy (non-hydrogen) atoms. The smallest absolute Gasteiger partial charge is 0.320 e. The normalized spacial score (nSPS) is 11.3. The maximum atomic E-state index is 11.1. The first-order valence-corrected chi connectivity index (χ1v) is 6.95. The van der Waals surface area contributed by atoms with Crippen molar-refractivity contribution in [2.75, 3.05) is 26.2 Å². The molecular formula is C14H21N5O2. The maximum absolute atomic E-state index is 11.1. The third-order valence-electron chi connectivity index (χ3n) is 2.97. The van der Waals surface area contributed by atoms with Gasteiger partial charge in [0.15, 0.2) is 0 Å². The van der Waals surface area contributed by atoms with Crippen LogP contribution >= 0.6 is 0 Å². The van der Waals surface area contributed by atoms with Gasteiger partial charge in [-0.05, 0) is 19.4 Å². The van der Waals surface area contributed by atoms with Gasteiger partial charge in [-0.25, -0.2) is 0 Å². The second-order valence-electron chi connectivity index (χ2n) is 4.55. The molecule has 7 nitrogen and oxygen atoms in total. The summed E-state index contributed by atoms with van der Waals surface area (Å²) in [5, 5.41) is 37.5. The quantitative estimate of drug-likeness (QED) is 0.511. The molecule has 114 valence electrons. The molecule has 0 fully saturated rings. The lowest BCUT2D eigenvalue weighted by molar-refractivity contribution is -0.139. The summed E-state index contributed by atoms with van der Waals surface area (Å²) in [5.41, 5.74) is 0. The zero-order chi connectivity index (χ0) is 15.9. The molecule has 1 unspecified atom stereocenters. The van der Waals surface area contributed by atoms with Gasteiger partial charge in [-0.1, -0.05) is 0 Å². The molecule has 0 aliphatic carbocycles. The van der Waals surface area contributed by atoms with E-state index in [9.17, 15) is 4.79 Å². The van der Waals surface area contributed by atoms with Gasteiger partial charge in [0.05, 0.1) is 18.2 Å². The zero-order valence-electron chi connectivity index (χ0n) is 12.1. The molecule has 0 bridgehead atoms. The Kier molecular flexibility index (Phi) is 11.6. The molecule has 0 aliphatic heterocycles. The minimum absolute atomic E-state index is 0.278. The SMILES string of the molecule is N#CCCNC(CCCN(CCC#N)CCC#N)C(=O)O. The van der Waals surface area contributed by atoms with Crippen LogP contribution in [0.3, 0.4) is 0 Å². The third-order valence-corrected chi connectivity index (χ3v) is 2.97. The minimum atomic E-state index is -0.923. The summed E-state index contributed by atoms with van der Waals surface area (Å²) in [6.07, 6.45) is 2.19. The summed E-state index contributed by atoms with van der Waals surface area (Å²) in [7, 11) is 0. The highest BCUT2D eigenvalue weighted by atomic mass is 16.4. The van der Waals surface area contributed by atoms with E-state index in [-0.39, 0.29) is 6.42 Å². The van der Waals surface area contributed by atoms with Crippen LogP contribution < -0.4 is 5.32 Å². The molecule has 0 rings (SSSR count). The largest absolute Gasteiger partial charge is 0.480 e. The summed E-state index contributed by atoms with van der Waals surface area (Å²) in [5.74, 6) is -0.923. The highest BCUT2D eigenvalue weighted by Gasteiger charge is 2.16. The predicted molar refractivity (Wildman–Crippen MR) is 75.8 cm³/mol. The number of nitrogens with one attached hydrogen (secondary N) is 1. The lowest BCUT2D eigenvalue weighted by Gasteiger charge is -2.21. The van der Waals surface area contributed by atoms with Gasteiger partial charge in [-0.15, -0.1) is 0 Å². The van der Waals surface area contributed by atoms with Crippen molar-refractivity contribution in [2.45, 2.75) is 38.1 Å². The molecule has 0 aromatic heterocycles. The molecule has 0 spiro atoms. The van der Waals surface area contributed by atoms with Crippen LogP contribution in [0.1, 0.15) is 32.1 Å². The molecule has 2 N–H and O–H groups in total. The maximum Gasteiger partial charge on any atom is 0.320 e. The first-order chi connectivity index (χ1) is 10.2. The topological polar surface area (TPSA) is 124 Å². The van der Waals surface area contributed by atoms with Crippen molar-refractivity contribution in [3.63, 3.8) is 0 Å². The Bertz CT molecular complexity index is 401. The van der Waals surface area contributed by atoms with E-state index in [4.69, 9.17) is 20.9 Å². The monoisotopic (exact) mass is 291 g/mol. The van der Waals surface area contributed by atoms with Gasteiger partial charge in [-0.3, -0.25) is 4.79 Å². The molecular weight excluding hydrogens is 270 g/mol. The van der Waals surface area contributed by atoms with Crippen molar-refractivity contribution in [1.82, 2.24) is 10.2 Å². The van der Waals surface area contributed by atoms with Crippen molar-refractivity contribution < 1.29 is 9.90 Å². The molecule has 0 radical (unpaired) electrons. The molecule has 0 heterocycles. The first kappa shape index (κ1) is 18.9. The Morgan fingerprint density at radius 2 is 1.62 bits per heavy atom. The Morgan fingerprint density at radius 3 is 2.10 bits per heavy atom. The van der Waals surface area contributed by atoms with E-state index >= 15 is 0 Å². The van der Waals surface area contributed by atoms with Gasteiger partial charge >= 0.3 is 5.97 Å². The molecule has 0 aliphatic rings. The molecule has 0 amide bonds. The Balaban J connectivity index is 4.12. The van der Waals surface area contributed by atoms with Gasteiger partial charge in [0.25, 0.3) is 0 Å². The van der Waals surface area contributed by atoms with Gasteiger partial charge in [0.1, 0.15) is 6.04 Å². The lowest BCUT2D eigenvalue weighted by Crippen LogP contribution is -2.38. The molecule has 1 atom stereocenters. The van der Waals surface area contributed by atoms with Crippen LogP contribution in [0.5, 0.6) is 0 Å². The van der Waals surface area contributed by atoms with Crippen LogP contribution in [0.15, 0.2) is 0 Å². The predicted octanol–water partition coefficient (Wildman–Crippen LogP) is 0.852. The fraction of sp³-hybridized carbons (Fsp3) is 0.714. The second-order valence-corrected chi connectivity index (χ2v) is 4.55. The highest BCUT2D eigenvalue weighted by Crippen LogP contribution is 2.03. The molecule has 7 heteroatoms. The number of carboxylic acid groups (broad SMARTS) is 1. The Hall–Kier alpha value is -2.14. The first-order valence-electron chi connectivity index (χ1n) is 6.95. The highest BCUT2D eigenvalue weighted by molar-refractivity contribution is 5.73. The van der Waals surface area contributed by atoms with E-state index < -0.39 is 12.0 Å². The van der Waals surface area contributed by atoms with Crippen molar-refractivity contribution in [2.24, 2.45) is 0 Å².